The Kier molecular flexibility index (Phi) is 8.05. The molecular formula is C23H30N2O2. The minimum atomic E-state index is -0.521. The SMILES string of the molecule is CCCC(=O)N(Cc1ccc(C)cc1)[C@H](Cc1ccccc1)C(=O)NCC. The van der Waals surface area contributed by atoms with Gasteiger partial charge in [0.2, 0.25) is 11.8 Å². The highest BCUT2D eigenvalue weighted by Gasteiger charge is 2.29. The van der Waals surface area contributed by atoms with Gasteiger partial charge in [-0.1, -0.05) is 67.1 Å². The van der Waals surface area contributed by atoms with Gasteiger partial charge in [-0.3, -0.25) is 9.59 Å². The first kappa shape index (κ1) is 20.7. The van der Waals surface area contributed by atoms with Crippen LogP contribution >= 0.6 is 0 Å². The van der Waals surface area contributed by atoms with Gasteiger partial charge in [0.1, 0.15) is 6.04 Å². The van der Waals surface area contributed by atoms with E-state index in [2.05, 4.69) is 5.32 Å². The summed E-state index contributed by atoms with van der Waals surface area (Å²) in [5.74, 6) is -0.0804. The van der Waals surface area contributed by atoms with Crippen molar-refractivity contribution in [1.82, 2.24) is 10.2 Å². The number of likely N-dealkylation sites (N-methyl/N-ethyl adjacent to an activating group) is 1. The molecule has 2 rings (SSSR count). The highest BCUT2D eigenvalue weighted by molar-refractivity contribution is 5.88. The lowest BCUT2D eigenvalue weighted by Gasteiger charge is -2.31. The molecule has 2 amide bonds. The van der Waals surface area contributed by atoms with Crippen LogP contribution in [0.2, 0.25) is 0 Å². The summed E-state index contributed by atoms with van der Waals surface area (Å²) in [6.07, 6.45) is 1.71. The first-order chi connectivity index (χ1) is 13.0. The van der Waals surface area contributed by atoms with E-state index in [-0.39, 0.29) is 11.8 Å². The minimum absolute atomic E-state index is 0.0188. The molecule has 0 radical (unpaired) electrons. The van der Waals surface area contributed by atoms with E-state index in [9.17, 15) is 9.59 Å². The highest BCUT2D eigenvalue weighted by atomic mass is 16.2. The van der Waals surface area contributed by atoms with Gasteiger partial charge in [0, 0.05) is 25.9 Å². The van der Waals surface area contributed by atoms with Gasteiger partial charge in [0.05, 0.1) is 0 Å². The van der Waals surface area contributed by atoms with Gasteiger partial charge in [0.15, 0.2) is 0 Å². The number of hydrogen-bond donors (Lipinski definition) is 1. The summed E-state index contributed by atoms with van der Waals surface area (Å²) >= 11 is 0. The summed E-state index contributed by atoms with van der Waals surface area (Å²) in [6.45, 7) is 6.91. The predicted molar refractivity (Wildman–Crippen MR) is 109 cm³/mol. The third kappa shape index (κ3) is 6.24. The van der Waals surface area contributed by atoms with E-state index in [4.69, 9.17) is 0 Å². The van der Waals surface area contributed by atoms with Gasteiger partial charge in [-0.25, -0.2) is 0 Å². The van der Waals surface area contributed by atoms with E-state index in [1.54, 1.807) is 4.90 Å². The Morgan fingerprint density at radius 2 is 1.63 bits per heavy atom. The van der Waals surface area contributed by atoms with Crippen LogP contribution in [0.25, 0.3) is 0 Å². The Morgan fingerprint density at radius 3 is 2.22 bits per heavy atom. The van der Waals surface area contributed by atoms with Gasteiger partial charge < -0.3 is 10.2 Å². The second-order valence-electron chi connectivity index (χ2n) is 6.86. The second kappa shape index (κ2) is 10.5. The topological polar surface area (TPSA) is 49.4 Å². The van der Waals surface area contributed by atoms with E-state index < -0.39 is 6.04 Å². The van der Waals surface area contributed by atoms with E-state index in [1.165, 1.54) is 5.56 Å². The van der Waals surface area contributed by atoms with Crippen LogP contribution in [0.4, 0.5) is 0 Å². The first-order valence-electron chi connectivity index (χ1n) is 9.71. The number of amides is 2. The quantitative estimate of drug-likeness (QED) is 0.732. The van der Waals surface area contributed by atoms with E-state index >= 15 is 0 Å². The number of carbonyl (C=O) groups is 2. The lowest BCUT2D eigenvalue weighted by Crippen LogP contribution is -2.50. The molecule has 0 bridgehead atoms. The van der Waals surface area contributed by atoms with Crippen molar-refractivity contribution in [3.63, 3.8) is 0 Å². The summed E-state index contributed by atoms with van der Waals surface area (Å²) in [5.41, 5.74) is 3.26. The molecule has 144 valence electrons. The summed E-state index contributed by atoms with van der Waals surface area (Å²) in [5, 5.41) is 2.91. The highest BCUT2D eigenvalue weighted by Crippen LogP contribution is 2.16. The summed E-state index contributed by atoms with van der Waals surface area (Å²) < 4.78 is 0. The number of hydrogen-bond acceptors (Lipinski definition) is 2. The number of nitrogens with zero attached hydrogens (tertiary/aromatic N) is 1. The van der Waals surface area contributed by atoms with E-state index in [0.29, 0.717) is 25.9 Å². The average molecular weight is 367 g/mol. The van der Waals surface area contributed by atoms with Gasteiger partial charge in [-0.15, -0.1) is 0 Å². The molecule has 0 aromatic heterocycles. The fraction of sp³-hybridized carbons (Fsp3) is 0.391. The summed E-state index contributed by atoms with van der Waals surface area (Å²) in [7, 11) is 0. The number of aryl methyl sites for hydroxylation is 1. The summed E-state index contributed by atoms with van der Waals surface area (Å²) in [4.78, 5) is 27.5. The van der Waals surface area contributed by atoms with Crippen LogP contribution in [0.5, 0.6) is 0 Å². The van der Waals surface area contributed by atoms with Crippen LogP contribution in [-0.4, -0.2) is 29.3 Å². The van der Waals surface area contributed by atoms with Gasteiger partial charge in [0.25, 0.3) is 0 Å². The number of nitrogens with one attached hydrogen (secondary N) is 1. The van der Waals surface area contributed by atoms with E-state index in [0.717, 1.165) is 17.5 Å². The lowest BCUT2D eigenvalue weighted by atomic mass is 10.0. The molecule has 0 heterocycles. The van der Waals surface area contributed by atoms with E-state index in [1.807, 2.05) is 75.4 Å². The van der Waals surface area contributed by atoms with Crippen molar-refractivity contribution in [1.29, 1.82) is 0 Å². The molecule has 4 heteroatoms. The van der Waals surface area contributed by atoms with Crippen LogP contribution < -0.4 is 5.32 Å². The molecule has 0 fully saturated rings. The van der Waals surface area contributed by atoms with Crippen molar-refractivity contribution in [3.8, 4) is 0 Å². The van der Waals surface area contributed by atoms with Crippen LogP contribution in [-0.2, 0) is 22.6 Å². The first-order valence-corrected chi connectivity index (χ1v) is 9.71. The molecule has 1 N–H and O–H groups in total. The van der Waals surface area contributed by atoms with Gasteiger partial charge >= 0.3 is 0 Å². The third-order valence-electron chi connectivity index (χ3n) is 4.56. The Hall–Kier alpha value is -2.62. The molecule has 0 aliphatic carbocycles. The molecule has 4 nitrogen and oxygen atoms in total. The van der Waals surface area contributed by atoms with Crippen molar-refractivity contribution in [2.75, 3.05) is 6.54 Å². The van der Waals surface area contributed by atoms with Crippen molar-refractivity contribution < 1.29 is 9.59 Å². The Labute approximate surface area is 162 Å². The number of rotatable bonds is 9. The zero-order valence-corrected chi connectivity index (χ0v) is 16.6. The number of carbonyl (C=O) groups excluding carboxylic acids is 2. The Bertz CT molecular complexity index is 726. The van der Waals surface area contributed by atoms with Crippen LogP contribution in [0.1, 0.15) is 43.4 Å². The Morgan fingerprint density at radius 1 is 0.963 bits per heavy atom. The largest absolute Gasteiger partial charge is 0.355 e. The van der Waals surface area contributed by atoms with Gasteiger partial charge in [-0.2, -0.15) is 0 Å². The monoisotopic (exact) mass is 366 g/mol. The van der Waals surface area contributed by atoms with Crippen molar-refractivity contribution in [2.45, 2.75) is 52.6 Å². The van der Waals surface area contributed by atoms with Gasteiger partial charge in [-0.05, 0) is 31.4 Å². The average Bonchev–Trinajstić information content (AvgIpc) is 2.67. The predicted octanol–water partition coefficient (Wildman–Crippen LogP) is 3.87. The second-order valence-corrected chi connectivity index (χ2v) is 6.86. The molecule has 2 aromatic carbocycles. The molecule has 0 unspecified atom stereocenters. The molecule has 2 aromatic rings. The van der Waals surface area contributed by atoms with Crippen LogP contribution in [0, 0.1) is 6.92 Å². The van der Waals surface area contributed by atoms with Crippen molar-refractivity contribution in [3.05, 3.63) is 71.3 Å². The smallest absolute Gasteiger partial charge is 0.243 e. The maximum Gasteiger partial charge on any atom is 0.243 e. The molecule has 1 atom stereocenters. The molecule has 0 saturated carbocycles. The standard InChI is InChI=1S/C23H30N2O2/c1-4-9-22(26)25(17-20-14-12-18(3)13-15-20)21(23(27)24-5-2)16-19-10-7-6-8-11-19/h6-8,10-15,21H,4-5,9,16-17H2,1-3H3,(H,24,27)/t21-/m1/s1. The molecule has 0 saturated heterocycles. The summed E-state index contributed by atoms with van der Waals surface area (Å²) in [6, 6.07) is 17.5. The van der Waals surface area contributed by atoms with Crippen LogP contribution in [0.3, 0.4) is 0 Å². The number of benzene rings is 2. The molecule has 0 aliphatic rings. The van der Waals surface area contributed by atoms with Crippen molar-refractivity contribution in [2.24, 2.45) is 0 Å². The zero-order chi connectivity index (χ0) is 19.6. The lowest BCUT2D eigenvalue weighted by molar-refractivity contribution is -0.141. The van der Waals surface area contributed by atoms with Crippen LogP contribution in [0.15, 0.2) is 54.6 Å². The molecule has 0 aliphatic heterocycles. The zero-order valence-electron chi connectivity index (χ0n) is 16.6. The third-order valence-corrected chi connectivity index (χ3v) is 4.56. The normalized spacial score (nSPS) is 11.7. The fourth-order valence-electron chi connectivity index (χ4n) is 3.09. The maximum absolute atomic E-state index is 12.9. The fourth-order valence-corrected chi connectivity index (χ4v) is 3.09. The Balaban J connectivity index is 2.33. The maximum atomic E-state index is 12.9. The molecular weight excluding hydrogens is 336 g/mol. The van der Waals surface area contributed by atoms with Crippen molar-refractivity contribution >= 4 is 11.8 Å². The molecule has 0 spiro atoms. The molecule has 27 heavy (non-hydrogen) atoms. The minimum Gasteiger partial charge on any atom is -0.355 e.